The van der Waals surface area contributed by atoms with Crippen LogP contribution in [0.5, 0.6) is 17.2 Å². The van der Waals surface area contributed by atoms with Gasteiger partial charge in [0.25, 0.3) is 5.91 Å². The van der Waals surface area contributed by atoms with E-state index in [0.29, 0.717) is 40.0 Å². The monoisotopic (exact) mass is 376 g/mol. The number of ether oxygens (including phenoxy) is 3. The molecule has 7 heteroatoms. The van der Waals surface area contributed by atoms with Crippen molar-refractivity contribution >= 4 is 23.7 Å². The Morgan fingerprint density at radius 3 is 2.58 bits per heavy atom. The Balaban J connectivity index is 2.15. The van der Waals surface area contributed by atoms with Crippen LogP contribution in [0.2, 0.25) is 5.02 Å². The van der Waals surface area contributed by atoms with Crippen LogP contribution >= 0.6 is 11.6 Å². The van der Waals surface area contributed by atoms with Crippen LogP contribution in [0.25, 0.3) is 0 Å². The van der Waals surface area contributed by atoms with Crippen LogP contribution in [0, 0.1) is 6.92 Å². The first-order valence-corrected chi connectivity index (χ1v) is 8.36. The van der Waals surface area contributed by atoms with E-state index in [-0.39, 0.29) is 5.91 Å². The molecule has 2 rings (SSSR count). The molecule has 0 bridgehead atoms. The van der Waals surface area contributed by atoms with E-state index in [9.17, 15) is 4.79 Å². The highest BCUT2D eigenvalue weighted by molar-refractivity contribution is 6.32. The number of amides is 1. The highest BCUT2D eigenvalue weighted by atomic mass is 35.5. The second-order valence-corrected chi connectivity index (χ2v) is 5.78. The van der Waals surface area contributed by atoms with Crippen LogP contribution in [0.4, 0.5) is 0 Å². The van der Waals surface area contributed by atoms with Gasteiger partial charge >= 0.3 is 0 Å². The summed E-state index contributed by atoms with van der Waals surface area (Å²) in [6, 6.07) is 8.71. The number of hydrogen-bond acceptors (Lipinski definition) is 5. The lowest BCUT2D eigenvalue weighted by Gasteiger charge is -2.11. The fourth-order valence-corrected chi connectivity index (χ4v) is 2.58. The smallest absolute Gasteiger partial charge is 0.275 e. The van der Waals surface area contributed by atoms with Crippen molar-refractivity contribution in [3.05, 3.63) is 52.0 Å². The van der Waals surface area contributed by atoms with Gasteiger partial charge in [-0.1, -0.05) is 17.7 Å². The van der Waals surface area contributed by atoms with Crippen LogP contribution in [0.1, 0.15) is 28.4 Å². The molecule has 138 valence electrons. The summed E-state index contributed by atoms with van der Waals surface area (Å²) >= 11 is 6.21. The lowest BCUT2D eigenvalue weighted by atomic mass is 10.1. The van der Waals surface area contributed by atoms with E-state index in [4.69, 9.17) is 25.8 Å². The van der Waals surface area contributed by atoms with E-state index in [1.54, 1.807) is 24.3 Å². The molecule has 2 aromatic carbocycles. The van der Waals surface area contributed by atoms with Crippen molar-refractivity contribution in [2.45, 2.75) is 13.8 Å². The predicted octanol–water partition coefficient (Wildman–Crippen LogP) is 3.83. The summed E-state index contributed by atoms with van der Waals surface area (Å²) in [4.78, 5) is 12.3. The van der Waals surface area contributed by atoms with Crippen LogP contribution < -0.4 is 19.6 Å². The minimum absolute atomic E-state index is 0.373. The van der Waals surface area contributed by atoms with Crippen molar-refractivity contribution in [3.63, 3.8) is 0 Å². The zero-order chi connectivity index (χ0) is 19.1. The molecule has 0 spiro atoms. The molecule has 1 N–H and O–H groups in total. The predicted molar refractivity (Wildman–Crippen MR) is 102 cm³/mol. The molecule has 0 saturated carbocycles. The average Bonchev–Trinajstić information content (AvgIpc) is 2.63. The second-order valence-electron chi connectivity index (χ2n) is 5.37. The second kappa shape index (κ2) is 9.10. The maximum absolute atomic E-state index is 12.3. The van der Waals surface area contributed by atoms with Gasteiger partial charge in [0.1, 0.15) is 5.75 Å². The quantitative estimate of drug-likeness (QED) is 0.589. The summed E-state index contributed by atoms with van der Waals surface area (Å²) in [6.07, 6.45) is 1.47. The van der Waals surface area contributed by atoms with Gasteiger partial charge in [0.2, 0.25) is 0 Å². The lowest BCUT2D eigenvalue weighted by molar-refractivity contribution is 0.0952. The van der Waals surface area contributed by atoms with Crippen molar-refractivity contribution in [3.8, 4) is 17.2 Å². The van der Waals surface area contributed by atoms with Crippen LogP contribution in [-0.2, 0) is 0 Å². The topological polar surface area (TPSA) is 69.2 Å². The first-order valence-electron chi connectivity index (χ1n) is 7.98. The molecule has 0 unspecified atom stereocenters. The SMILES string of the molecule is CCOc1c(Cl)cc(/C=N/NC(=O)c2ccc(C)cc2OC)cc1OC. The third kappa shape index (κ3) is 4.67. The van der Waals surface area contributed by atoms with E-state index in [1.807, 2.05) is 19.9 Å². The number of nitrogens with one attached hydrogen (secondary N) is 1. The average molecular weight is 377 g/mol. The molecular formula is C19H21ClN2O4. The molecule has 0 saturated heterocycles. The van der Waals surface area contributed by atoms with E-state index in [0.717, 1.165) is 5.56 Å². The van der Waals surface area contributed by atoms with Gasteiger partial charge in [-0.05, 0) is 49.2 Å². The summed E-state index contributed by atoms with van der Waals surface area (Å²) in [5.41, 5.74) is 4.53. The van der Waals surface area contributed by atoms with Crippen molar-refractivity contribution < 1.29 is 19.0 Å². The highest BCUT2D eigenvalue weighted by Crippen LogP contribution is 2.35. The molecule has 26 heavy (non-hydrogen) atoms. The van der Waals surface area contributed by atoms with E-state index in [1.165, 1.54) is 20.4 Å². The Hall–Kier alpha value is -2.73. The maximum Gasteiger partial charge on any atom is 0.275 e. The fraction of sp³-hybridized carbons (Fsp3) is 0.263. The lowest BCUT2D eigenvalue weighted by Crippen LogP contribution is -2.18. The molecule has 6 nitrogen and oxygen atoms in total. The number of hydrazone groups is 1. The van der Waals surface area contributed by atoms with Gasteiger partial charge in [0.15, 0.2) is 11.5 Å². The van der Waals surface area contributed by atoms with Crippen LogP contribution in [0.3, 0.4) is 0 Å². The number of nitrogens with zero attached hydrogens (tertiary/aromatic N) is 1. The Morgan fingerprint density at radius 2 is 1.92 bits per heavy atom. The number of benzene rings is 2. The number of aryl methyl sites for hydroxylation is 1. The largest absolute Gasteiger partial charge is 0.496 e. The van der Waals surface area contributed by atoms with Gasteiger partial charge in [0.05, 0.1) is 37.6 Å². The van der Waals surface area contributed by atoms with Crippen LogP contribution in [0.15, 0.2) is 35.4 Å². The zero-order valence-electron chi connectivity index (χ0n) is 15.1. The maximum atomic E-state index is 12.3. The van der Waals surface area contributed by atoms with E-state index >= 15 is 0 Å². The number of rotatable bonds is 7. The van der Waals surface area contributed by atoms with Crippen molar-refractivity contribution in [1.82, 2.24) is 5.43 Å². The van der Waals surface area contributed by atoms with E-state index in [2.05, 4.69) is 10.5 Å². The molecule has 0 aliphatic rings. The molecule has 0 aliphatic heterocycles. The van der Waals surface area contributed by atoms with Gasteiger partial charge < -0.3 is 14.2 Å². The zero-order valence-corrected chi connectivity index (χ0v) is 15.9. The first-order chi connectivity index (χ1) is 12.5. The molecule has 0 radical (unpaired) electrons. The standard InChI is InChI=1S/C19H21ClN2O4/c1-5-26-18-15(20)9-13(10-17(18)25-4)11-21-22-19(23)14-7-6-12(2)8-16(14)24-3/h6-11H,5H2,1-4H3,(H,22,23)/b21-11+. The van der Waals surface area contributed by atoms with Crippen molar-refractivity contribution in [2.24, 2.45) is 5.10 Å². The molecule has 0 heterocycles. The Labute approximate surface area is 157 Å². The third-order valence-electron chi connectivity index (χ3n) is 3.52. The first kappa shape index (κ1) is 19.6. The van der Waals surface area contributed by atoms with E-state index < -0.39 is 0 Å². The van der Waals surface area contributed by atoms with Crippen molar-refractivity contribution in [1.29, 1.82) is 0 Å². The molecule has 1 amide bonds. The number of hydrogen-bond donors (Lipinski definition) is 1. The number of carbonyl (C=O) groups is 1. The molecule has 2 aromatic rings. The summed E-state index contributed by atoms with van der Waals surface area (Å²) in [7, 11) is 3.05. The normalized spacial score (nSPS) is 10.7. The molecule has 0 aromatic heterocycles. The van der Waals surface area contributed by atoms with Crippen LogP contribution in [-0.4, -0.2) is 32.9 Å². The summed E-state index contributed by atoms with van der Waals surface area (Å²) in [6.45, 7) is 4.25. The molecule has 0 fully saturated rings. The molecule has 0 aliphatic carbocycles. The van der Waals surface area contributed by atoms with Gasteiger partial charge in [-0.15, -0.1) is 0 Å². The number of halogens is 1. The molecular weight excluding hydrogens is 356 g/mol. The minimum Gasteiger partial charge on any atom is -0.496 e. The summed E-state index contributed by atoms with van der Waals surface area (Å²) in [5.74, 6) is 1.08. The van der Waals surface area contributed by atoms with Gasteiger partial charge in [-0.2, -0.15) is 5.10 Å². The Morgan fingerprint density at radius 1 is 1.19 bits per heavy atom. The summed E-state index contributed by atoms with van der Waals surface area (Å²) in [5, 5.41) is 4.37. The van der Waals surface area contributed by atoms with Gasteiger partial charge in [-0.25, -0.2) is 5.43 Å². The van der Waals surface area contributed by atoms with Gasteiger partial charge in [0, 0.05) is 0 Å². The highest BCUT2D eigenvalue weighted by Gasteiger charge is 2.12. The van der Waals surface area contributed by atoms with Crippen molar-refractivity contribution in [2.75, 3.05) is 20.8 Å². The minimum atomic E-state index is -0.373. The third-order valence-corrected chi connectivity index (χ3v) is 3.80. The Kier molecular flexibility index (Phi) is 6.86. The fourth-order valence-electron chi connectivity index (χ4n) is 2.31. The van der Waals surface area contributed by atoms with Gasteiger partial charge in [-0.3, -0.25) is 4.79 Å². The molecule has 0 atom stereocenters. The summed E-state index contributed by atoms with van der Waals surface area (Å²) < 4.78 is 16.0. The Bertz CT molecular complexity index is 821. The number of methoxy groups -OCH3 is 2. The number of carbonyl (C=O) groups excluding carboxylic acids is 1.